The highest BCUT2D eigenvalue weighted by molar-refractivity contribution is 5.91. The molecule has 0 saturated carbocycles. The number of likely N-dealkylation sites (N-methyl/N-ethyl adjacent to an activating group) is 1. The third-order valence-electron chi connectivity index (χ3n) is 2.89. The topological polar surface area (TPSA) is 66.8 Å². The van der Waals surface area contributed by atoms with E-state index in [2.05, 4.69) is 0 Å². The number of carboxylic acids is 1. The zero-order chi connectivity index (χ0) is 15.1. The first kappa shape index (κ1) is 16.2. The molecule has 0 aromatic heterocycles. The van der Waals surface area contributed by atoms with Gasteiger partial charge in [-0.2, -0.15) is 0 Å². The number of amides is 1. The Morgan fingerprint density at radius 2 is 1.95 bits per heavy atom. The fourth-order valence-corrected chi connectivity index (χ4v) is 1.73. The van der Waals surface area contributed by atoms with Crippen LogP contribution in [0.2, 0.25) is 0 Å². The van der Waals surface area contributed by atoms with Crippen LogP contribution in [0.25, 0.3) is 0 Å². The van der Waals surface area contributed by atoms with Crippen molar-refractivity contribution in [3.63, 3.8) is 0 Å². The molecule has 110 valence electrons. The average Bonchev–Trinajstić information content (AvgIpc) is 2.38. The van der Waals surface area contributed by atoms with Gasteiger partial charge < -0.3 is 14.7 Å². The maximum absolute atomic E-state index is 12.0. The highest BCUT2D eigenvalue weighted by Crippen LogP contribution is 2.10. The summed E-state index contributed by atoms with van der Waals surface area (Å²) in [6, 6.07) is 6.56. The molecule has 0 aliphatic carbocycles. The molecule has 0 unspecified atom stereocenters. The number of rotatable bonds is 7. The summed E-state index contributed by atoms with van der Waals surface area (Å²) in [5.74, 6) is -1.13. The lowest BCUT2D eigenvalue weighted by Gasteiger charge is -2.18. The first-order chi connectivity index (χ1) is 9.41. The highest BCUT2D eigenvalue weighted by Gasteiger charge is 2.15. The Morgan fingerprint density at radius 1 is 1.30 bits per heavy atom. The average molecular weight is 279 g/mol. The minimum atomic E-state index is -1.01. The Labute approximate surface area is 119 Å². The van der Waals surface area contributed by atoms with Crippen molar-refractivity contribution in [2.75, 3.05) is 20.2 Å². The second kappa shape index (κ2) is 7.65. The van der Waals surface area contributed by atoms with Gasteiger partial charge in [0.1, 0.15) is 0 Å². The smallest absolute Gasteiger partial charge is 0.335 e. The summed E-state index contributed by atoms with van der Waals surface area (Å²) in [5.41, 5.74) is 0.703. The summed E-state index contributed by atoms with van der Waals surface area (Å²) < 4.78 is 5.39. The van der Waals surface area contributed by atoms with E-state index >= 15 is 0 Å². The van der Waals surface area contributed by atoms with E-state index < -0.39 is 5.97 Å². The molecule has 5 heteroatoms. The molecular weight excluding hydrogens is 258 g/mol. The molecule has 0 saturated heterocycles. The minimum Gasteiger partial charge on any atom is -0.478 e. The van der Waals surface area contributed by atoms with Crippen LogP contribution in [0.5, 0.6) is 0 Å². The van der Waals surface area contributed by atoms with Gasteiger partial charge in [-0.25, -0.2) is 4.79 Å². The minimum absolute atomic E-state index is 0.0840. The normalized spacial score (nSPS) is 10.6. The zero-order valence-electron chi connectivity index (χ0n) is 12.1. The molecule has 1 rings (SSSR count). The third-order valence-corrected chi connectivity index (χ3v) is 2.89. The largest absolute Gasteiger partial charge is 0.478 e. The maximum Gasteiger partial charge on any atom is 0.335 e. The SMILES string of the molecule is CC(C)OCCN(C)C(=O)Cc1ccccc1C(=O)O. The molecule has 0 heterocycles. The van der Waals surface area contributed by atoms with Crippen molar-refractivity contribution >= 4 is 11.9 Å². The van der Waals surface area contributed by atoms with Crippen molar-refractivity contribution in [1.82, 2.24) is 4.90 Å². The third kappa shape index (κ3) is 5.01. The molecule has 20 heavy (non-hydrogen) atoms. The molecule has 1 aromatic rings. The number of carbonyl (C=O) groups excluding carboxylic acids is 1. The Hall–Kier alpha value is -1.88. The predicted molar refractivity (Wildman–Crippen MR) is 75.8 cm³/mol. The molecule has 0 spiro atoms. The fraction of sp³-hybridized carbons (Fsp3) is 0.467. The van der Waals surface area contributed by atoms with E-state index in [9.17, 15) is 9.59 Å². The lowest BCUT2D eigenvalue weighted by molar-refractivity contribution is -0.130. The van der Waals surface area contributed by atoms with Gasteiger partial charge in [0.15, 0.2) is 0 Å². The summed E-state index contributed by atoms with van der Waals surface area (Å²) in [4.78, 5) is 24.7. The van der Waals surface area contributed by atoms with E-state index in [0.29, 0.717) is 18.7 Å². The summed E-state index contributed by atoms with van der Waals surface area (Å²) in [6.45, 7) is 4.84. The number of ether oxygens (including phenoxy) is 1. The van der Waals surface area contributed by atoms with Crippen molar-refractivity contribution in [3.05, 3.63) is 35.4 Å². The number of carboxylic acid groups (broad SMARTS) is 1. The molecular formula is C15H21NO4. The molecule has 5 nitrogen and oxygen atoms in total. The summed E-state index contributed by atoms with van der Waals surface area (Å²) >= 11 is 0. The number of nitrogens with zero attached hydrogens (tertiary/aromatic N) is 1. The van der Waals surface area contributed by atoms with Gasteiger partial charge in [-0.1, -0.05) is 18.2 Å². The number of benzene rings is 1. The highest BCUT2D eigenvalue weighted by atomic mass is 16.5. The summed E-state index contributed by atoms with van der Waals surface area (Å²) in [5, 5.41) is 9.07. The van der Waals surface area contributed by atoms with Crippen LogP contribution in [0.4, 0.5) is 0 Å². The first-order valence-electron chi connectivity index (χ1n) is 6.58. The molecule has 1 amide bonds. The Morgan fingerprint density at radius 3 is 2.55 bits per heavy atom. The van der Waals surface area contributed by atoms with Crippen LogP contribution < -0.4 is 0 Å². The van der Waals surface area contributed by atoms with Crippen molar-refractivity contribution < 1.29 is 19.4 Å². The van der Waals surface area contributed by atoms with Gasteiger partial charge in [0.2, 0.25) is 5.91 Å². The Balaban J connectivity index is 2.59. The summed E-state index contributed by atoms with van der Waals surface area (Å²) in [6.07, 6.45) is 0.215. The van der Waals surface area contributed by atoms with Crippen molar-refractivity contribution in [2.45, 2.75) is 26.4 Å². The van der Waals surface area contributed by atoms with Gasteiger partial charge in [0.05, 0.1) is 24.7 Å². The van der Waals surface area contributed by atoms with Crippen LogP contribution in [-0.2, 0) is 16.0 Å². The van der Waals surface area contributed by atoms with Gasteiger partial charge in [0, 0.05) is 13.6 Å². The molecule has 0 bridgehead atoms. The van der Waals surface area contributed by atoms with Crippen LogP contribution in [0.1, 0.15) is 29.8 Å². The number of hydrogen-bond donors (Lipinski definition) is 1. The van der Waals surface area contributed by atoms with Crippen LogP contribution in [0, 0.1) is 0 Å². The van der Waals surface area contributed by atoms with E-state index in [4.69, 9.17) is 9.84 Å². The Bertz CT molecular complexity index is 471. The predicted octanol–water partition coefficient (Wildman–Crippen LogP) is 1.81. The fourth-order valence-electron chi connectivity index (χ4n) is 1.73. The van der Waals surface area contributed by atoms with E-state index in [-0.39, 0.29) is 24.0 Å². The van der Waals surface area contributed by atoms with E-state index in [1.54, 1.807) is 30.1 Å². The number of carbonyl (C=O) groups is 2. The van der Waals surface area contributed by atoms with Crippen molar-refractivity contribution in [2.24, 2.45) is 0 Å². The second-order valence-corrected chi connectivity index (χ2v) is 4.87. The van der Waals surface area contributed by atoms with E-state index in [0.717, 1.165) is 0 Å². The maximum atomic E-state index is 12.0. The molecule has 0 aliphatic heterocycles. The molecule has 1 aromatic carbocycles. The lowest BCUT2D eigenvalue weighted by atomic mass is 10.0. The van der Waals surface area contributed by atoms with E-state index in [1.807, 2.05) is 13.8 Å². The number of hydrogen-bond acceptors (Lipinski definition) is 3. The second-order valence-electron chi connectivity index (χ2n) is 4.87. The van der Waals surface area contributed by atoms with E-state index in [1.165, 1.54) is 6.07 Å². The van der Waals surface area contributed by atoms with Crippen LogP contribution >= 0.6 is 0 Å². The standard InChI is InChI=1S/C15H21NO4/c1-11(2)20-9-8-16(3)14(17)10-12-6-4-5-7-13(12)15(18)19/h4-7,11H,8-10H2,1-3H3,(H,18,19). The van der Waals surface area contributed by atoms with Gasteiger partial charge in [0.25, 0.3) is 0 Å². The molecule has 1 N–H and O–H groups in total. The molecule has 0 fully saturated rings. The van der Waals surface area contributed by atoms with Gasteiger partial charge >= 0.3 is 5.97 Å². The van der Waals surface area contributed by atoms with Gasteiger partial charge in [-0.05, 0) is 25.5 Å². The number of aromatic carboxylic acids is 1. The van der Waals surface area contributed by atoms with Gasteiger partial charge in [-0.3, -0.25) is 4.79 Å². The molecule has 0 radical (unpaired) electrons. The zero-order valence-corrected chi connectivity index (χ0v) is 12.1. The first-order valence-corrected chi connectivity index (χ1v) is 6.58. The monoisotopic (exact) mass is 279 g/mol. The quantitative estimate of drug-likeness (QED) is 0.826. The van der Waals surface area contributed by atoms with Crippen LogP contribution in [-0.4, -0.2) is 48.2 Å². The van der Waals surface area contributed by atoms with Crippen LogP contribution in [0.3, 0.4) is 0 Å². The Kier molecular flexibility index (Phi) is 6.18. The van der Waals surface area contributed by atoms with Crippen molar-refractivity contribution in [1.29, 1.82) is 0 Å². The summed E-state index contributed by atoms with van der Waals surface area (Å²) in [7, 11) is 1.69. The molecule has 0 atom stereocenters. The van der Waals surface area contributed by atoms with Crippen LogP contribution in [0.15, 0.2) is 24.3 Å². The molecule has 0 aliphatic rings. The van der Waals surface area contributed by atoms with Gasteiger partial charge in [-0.15, -0.1) is 0 Å². The lowest BCUT2D eigenvalue weighted by Crippen LogP contribution is -2.32. The van der Waals surface area contributed by atoms with Crippen molar-refractivity contribution in [3.8, 4) is 0 Å².